The molecular formula is C12H16N2O2. The van der Waals surface area contributed by atoms with E-state index in [0.29, 0.717) is 11.7 Å². The average molecular weight is 220 g/mol. The minimum atomic E-state index is 0.380. The second-order valence-electron chi connectivity index (χ2n) is 3.99. The second-order valence-corrected chi connectivity index (χ2v) is 3.99. The quantitative estimate of drug-likeness (QED) is 0.724. The van der Waals surface area contributed by atoms with E-state index in [-0.39, 0.29) is 0 Å². The number of pyridine rings is 1. The van der Waals surface area contributed by atoms with Crippen molar-refractivity contribution in [3.05, 3.63) is 23.9 Å². The van der Waals surface area contributed by atoms with Crippen LogP contribution in [-0.4, -0.2) is 37.6 Å². The Labute approximate surface area is 95.2 Å². The highest BCUT2D eigenvalue weighted by Gasteiger charge is 2.19. The van der Waals surface area contributed by atoms with Gasteiger partial charge >= 0.3 is 0 Å². The summed E-state index contributed by atoms with van der Waals surface area (Å²) < 4.78 is 5.32. The highest BCUT2D eigenvalue weighted by Crippen LogP contribution is 2.18. The molecular weight excluding hydrogens is 204 g/mol. The molecule has 4 nitrogen and oxygen atoms in total. The van der Waals surface area contributed by atoms with Crippen LogP contribution in [0.25, 0.3) is 0 Å². The van der Waals surface area contributed by atoms with Gasteiger partial charge in [0.05, 0.1) is 6.10 Å². The molecule has 0 aromatic carbocycles. The summed E-state index contributed by atoms with van der Waals surface area (Å²) in [5, 5.41) is 0. The van der Waals surface area contributed by atoms with Crippen molar-refractivity contribution in [1.82, 2.24) is 4.98 Å². The Morgan fingerprint density at radius 1 is 1.44 bits per heavy atom. The second kappa shape index (κ2) is 5.07. The number of ether oxygens (including phenoxy) is 1. The Morgan fingerprint density at radius 3 is 2.69 bits per heavy atom. The van der Waals surface area contributed by atoms with Crippen LogP contribution in [0.2, 0.25) is 0 Å². The molecule has 1 fully saturated rings. The maximum atomic E-state index is 10.5. The SMILES string of the molecule is COC1CCN(c2ccc(C=O)cn2)CC1. The Morgan fingerprint density at radius 2 is 2.19 bits per heavy atom. The van der Waals surface area contributed by atoms with Crippen LogP contribution < -0.4 is 4.90 Å². The van der Waals surface area contributed by atoms with Gasteiger partial charge in [0.15, 0.2) is 6.29 Å². The standard InChI is InChI=1S/C12H16N2O2/c1-16-11-4-6-14(7-5-11)12-3-2-10(9-15)8-13-12/h2-3,8-9,11H,4-7H2,1H3. The van der Waals surface area contributed by atoms with E-state index in [9.17, 15) is 4.79 Å². The molecule has 0 aliphatic carbocycles. The van der Waals surface area contributed by atoms with Crippen LogP contribution in [0.1, 0.15) is 23.2 Å². The summed E-state index contributed by atoms with van der Waals surface area (Å²) in [6, 6.07) is 3.70. The first kappa shape index (κ1) is 11.1. The molecule has 86 valence electrons. The molecule has 2 heterocycles. The third-order valence-corrected chi connectivity index (χ3v) is 3.01. The zero-order valence-corrected chi connectivity index (χ0v) is 9.43. The number of anilines is 1. The Kier molecular flexibility index (Phi) is 3.51. The monoisotopic (exact) mass is 220 g/mol. The van der Waals surface area contributed by atoms with Crippen molar-refractivity contribution in [2.24, 2.45) is 0 Å². The van der Waals surface area contributed by atoms with Crippen molar-refractivity contribution in [1.29, 1.82) is 0 Å². The number of carbonyl (C=O) groups is 1. The number of carbonyl (C=O) groups excluding carboxylic acids is 1. The number of aromatic nitrogens is 1. The molecule has 4 heteroatoms. The average Bonchev–Trinajstić information content (AvgIpc) is 2.39. The maximum Gasteiger partial charge on any atom is 0.151 e. The van der Waals surface area contributed by atoms with Crippen molar-refractivity contribution in [3.8, 4) is 0 Å². The minimum Gasteiger partial charge on any atom is -0.381 e. The minimum absolute atomic E-state index is 0.380. The maximum absolute atomic E-state index is 10.5. The van der Waals surface area contributed by atoms with Gasteiger partial charge in [-0.3, -0.25) is 4.79 Å². The predicted molar refractivity (Wildman–Crippen MR) is 61.9 cm³/mol. The van der Waals surface area contributed by atoms with Crippen LogP contribution in [0.5, 0.6) is 0 Å². The molecule has 1 aromatic heterocycles. The van der Waals surface area contributed by atoms with Crippen LogP contribution in [0.15, 0.2) is 18.3 Å². The van der Waals surface area contributed by atoms with E-state index in [0.717, 1.165) is 38.0 Å². The van der Waals surface area contributed by atoms with E-state index in [2.05, 4.69) is 9.88 Å². The number of hydrogen-bond donors (Lipinski definition) is 0. The molecule has 0 atom stereocenters. The van der Waals surface area contributed by atoms with E-state index in [1.807, 2.05) is 6.07 Å². The first-order valence-electron chi connectivity index (χ1n) is 5.52. The van der Waals surface area contributed by atoms with Gasteiger partial charge in [-0.2, -0.15) is 0 Å². The number of hydrogen-bond acceptors (Lipinski definition) is 4. The Balaban J connectivity index is 1.99. The normalized spacial score (nSPS) is 17.4. The summed E-state index contributed by atoms with van der Waals surface area (Å²) in [5.74, 6) is 0.945. The first-order valence-corrected chi connectivity index (χ1v) is 5.52. The van der Waals surface area contributed by atoms with Crippen LogP contribution in [0, 0.1) is 0 Å². The number of methoxy groups -OCH3 is 1. The first-order chi connectivity index (χ1) is 7.83. The molecule has 16 heavy (non-hydrogen) atoms. The van der Waals surface area contributed by atoms with Crippen LogP contribution in [0.3, 0.4) is 0 Å². The van der Waals surface area contributed by atoms with Crippen LogP contribution in [-0.2, 0) is 4.74 Å². The molecule has 0 radical (unpaired) electrons. The number of rotatable bonds is 3. The predicted octanol–water partition coefficient (Wildman–Crippen LogP) is 1.51. The zero-order valence-electron chi connectivity index (χ0n) is 9.43. The lowest BCUT2D eigenvalue weighted by Crippen LogP contribution is -2.37. The molecule has 0 N–H and O–H groups in total. The molecule has 0 bridgehead atoms. The molecule has 0 amide bonds. The van der Waals surface area contributed by atoms with Gasteiger partial charge in [-0.1, -0.05) is 0 Å². The molecule has 2 rings (SSSR count). The fraction of sp³-hybridized carbons (Fsp3) is 0.500. The summed E-state index contributed by atoms with van der Waals surface area (Å²) in [7, 11) is 1.76. The summed E-state index contributed by atoms with van der Waals surface area (Å²) >= 11 is 0. The van der Waals surface area contributed by atoms with Crippen molar-refractivity contribution >= 4 is 12.1 Å². The van der Waals surface area contributed by atoms with Crippen molar-refractivity contribution in [2.45, 2.75) is 18.9 Å². The lowest BCUT2D eigenvalue weighted by molar-refractivity contribution is 0.0818. The van der Waals surface area contributed by atoms with Gasteiger partial charge in [0.25, 0.3) is 0 Å². The molecule has 0 saturated carbocycles. The van der Waals surface area contributed by atoms with Gasteiger partial charge in [-0.05, 0) is 25.0 Å². The van der Waals surface area contributed by atoms with E-state index in [1.165, 1.54) is 0 Å². The van der Waals surface area contributed by atoms with Crippen molar-refractivity contribution < 1.29 is 9.53 Å². The summed E-state index contributed by atoms with van der Waals surface area (Å²) in [5.41, 5.74) is 0.621. The van der Waals surface area contributed by atoms with E-state index < -0.39 is 0 Å². The van der Waals surface area contributed by atoms with Gasteiger partial charge in [-0.25, -0.2) is 4.98 Å². The lowest BCUT2D eigenvalue weighted by Gasteiger charge is -2.32. The lowest BCUT2D eigenvalue weighted by atomic mass is 10.1. The highest BCUT2D eigenvalue weighted by molar-refractivity contribution is 5.74. The molecule has 0 unspecified atom stereocenters. The third kappa shape index (κ3) is 2.39. The molecule has 0 spiro atoms. The third-order valence-electron chi connectivity index (χ3n) is 3.01. The van der Waals surface area contributed by atoms with Gasteiger partial charge < -0.3 is 9.64 Å². The largest absolute Gasteiger partial charge is 0.381 e. The van der Waals surface area contributed by atoms with Gasteiger partial charge in [0.2, 0.25) is 0 Å². The van der Waals surface area contributed by atoms with Crippen LogP contribution >= 0.6 is 0 Å². The van der Waals surface area contributed by atoms with Crippen molar-refractivity contribution in [3.63, 3.8) is 0 Å². The fourth-order valence-electron chi connectivity index (χ4n) is 1.97. The molecule has 1 aliphatic rings. The van der Waals surface area contributed by atoms with Crippen LogP contribution in [0.4, 0.5) is 5.82 Å². The molecule has 1 aromatic rings. The summed E-state index contributed by atoms with van der Waals surface area (Å²) in [6.07, 6.45) is 4.88. The number of aldehydes is 1. The van der Waals surface area contributed by atoms with Gasteiger partial charge in [-0.15, -0.1) is 0 Å². The van der Waals surface area contributed by atoms with E-state index >= 15 is 0 Å². The number of piperidine rings is 1. The summed E-state index contributed by atoms with van der Waals surface area (Å²) in [6.45, 7) is 1.93. The van der Waals surface area contributed by atoms with Crippen molar-refractivity contribution in [2.75, 3.05) is 25.1 Å². The van der Waals surface area contributed by atoms with E-state index in [1.54, 1.807) is 19.4 Å². The smallest absolute Gasteiger partial charge is 0.151 e. The topological polar surface area (TPSA) is 42.4 Å². The fourth-order valence-corrected chi connectivity index (χ4v) is 1.97. The Bertz CT molecular complexity index is 343. The molecule has 1 saturated heterocycles. The highest BCUT2D eigenvalue weighted by atomic mass is 16.5. The summed E-state index contributed by atoms with van der Waals surface area (Å²) in [4.78, 5) is 17.0. The number of nitrogens with zero attached hydrogens (tertiary/aromatic N) is 2. The van der Waals surface area contributed by atoms with E-state index in [4.69, 9.17) is 4.74 Å². The molecule has 1 aliphatic heterocycles. The zero-order chi connectivity index (χ0) is 11.4. The Hall–Kier alpha value is -1.42. The van der Waals surface area contributed by atoms with Gasteiger partial charge in [0, 0.05) is 32.0 Å². The van der Waals surface area contributed by atoms with Gasteiger partial charge in [0.1, 0.15) is 5.82 Å².